The van der Waals surface area contributed by atoms with Gasteiger partial charge in [0.15, 0.2) is 5.78 Å². The average molecular weight is 276 g/mol. The molecule has 0 unspecified atom stereocenters. The Balaban J connectivity index is 2.22. The average Bonchev–Trinajstić information content (AvgIpc) is 2.41. The number of hydrogen-bond acceptors (Lipinski definition) is 3. The summed E-state index contributed by atoms with van der Waals surface area (Å²) in [5, 5.41) is 0.543. The molecule has 2 rings (SSSR count). The van der Waals surface area contributed by atoms with E-state index in [4.69, 9.17) is 16.3 Å². The van der Waals surface area contributed by atoms with Gasteiger partial charge in [0.1, 0.15) is 5.75 Å². The van der Waals surface area contributed by atoms with E-state index in [1.807, 2.05) is 19.1 Å². The van der Waals surface area contributed by atoms with Crippen LogP contribution in [0.4, 0.5) is 0 Å². The summed E-state index contributed by atoms with van der Waals surface area (Å²) in [6, 6.07) is 8.79. The van der Waals surface area contributed by atoms with Crippen LogP contribution in [0, 0.1) is 6.92 Å². The van der Waals surface area contributed by atoms with Crippen molar-refractivity contribution in [3.8, 4) is 5.75 Å². The summed E-state index contributed by atoms with van der Waals surface area (Å²) in [5.41, 5.74) is 2.34. The van der Waals surface area contributed by atoms with Gasteiger partial charge in [-0.15, -0.1) is 0 Å². The van der Waals surface area contributed by atoms with Gasteiger partial charge in [0, 0.05) is 16.9 Å². The fourth-order valence-corrected chi connectivity index (χ4v) is 1.92. The number of hydrogen-bond donors (Lipinski definition) is 0. The molecule has 3 nitrogen and oxygen atoms in total. The molecule has 1 heterocycles. The lowest BCUT2D eigenvalue weighted by Crippen LogP contribution is -2.07. The third-order valence-electron chi connectivity index (χ3n) is 2.78. The number of pyridine rings is 1. The number of aryl methyl sites for hydroxylation is 1. The van der Waals surface area contributed by atoms with Crippen LogP contribution in [0.5, 0.6) is 5.75 Å². The van der Waals surface area contributed by atoms with Gasteiger partial charge < -0.3 is 4.74 Å². The van der Waals surface area contributed by atoms with Crippen molar-refractivity contribution >= 4 is 17.4 Å². The third kappa shape index (κ3) is 3.32. The van der Waals surface area contributed by atoms with Gasteiger partial charge >= 0.3 is 0 Å². The van der Waals surface area contributed by atoms with Gasteiger partial charge in [0.25, 0.3) is 0 Å². The summed E-state index contributed by atoms with van der Waals surface area (Å²) in [6.07, 6.45) is 2.00. The SMILES string of the molecule is COc1cc(Cl)ccc1C(=O)Cc1ccc(C)cn1. The second kappa shape index (κ2) is 5.85. The second-order valence-corrected chi connectivity index (χ2v) is 4.71. The van der Waals surface area contributed by atoms with E-state index in [9.17, 15) is 4.79 Å². The molecular formula is C15H14ClNO2. The van der Waals surface area contributed by atoms with Crippen molar-refractivity contribution in [1.29, 1.82) is 0 Å². The van der Waals surface area contributed by atoms with Crippen molar-refractivity contribution in [3.05, 3.63) is 58.4 Å². The van der Waals surface area contributed by atoms with Gasteiger partial charge in [0.05, 0.1) is 19.1 Å². The highest BCUT2D eigenvalue weighted by atomic mass is 35.5. The molecule has 0 fully saturated rings. The van der Waals surface area contributed by atoms with Crippen molar-refractivity contribution in [2.75, 3.05) is 7.11 Å². The van der Waals surface area contributed by atoms with E-state index in [2.05, 4.69) is 4.98 Å². The smallest absolute Gasteiger partial charge is 0.172 e. The zero-order chi connectivity index (χ0) is 13.8. The number of rotatable bonds is 4. The lowest BCUT2D eigenvalue weighted by atomic mass is 10.0. The second-order valence-electron chi connectivity index (χ2n) is 4.27. The predicted octanol–water partition coefficient (Wildman–Crippen LogP) is 3.48. The van der Waals surface area contributed by atoms with Gasteiger partial charge in [-0.3, -0.25) is 9.78 Å². The van der Waals surface area contributed by atoms with E-state index < -0.39 is 0 Å². The lowest BCUT2D eigenvalue weighted by Gasteiger charge is -2.08. The first-order valence-electron chi connectivity index (χ1n) is 5.88. The minimum Gasteiger partial charge on any atom is -0.496 e. The molecule has 0 saturated heterocycles. The van der Waals surface area contributed by atoms with Crippen LogP contribution < -0.4 is 4.74 Å². The maximum atomic E-state index is 12.2. The van der Waals surface area contributed by atoms with Crippen LogP contribution >= 0.6 is 11.6 Å². The molecule has 0 atom stereocenters. The molecule has 2 aromatic rings. The number of methoxy groups -OCH3 is 1. The molecule has 0 aliphatic carbocycles. The van der Waals surface area contributed by atoms with E-state index in [0.29, 0.717) is 16.3 Å². The van der Waals surface area contributed by atoms with Gasteiger partial charge in [-0.1, -0.05) is 17.7 Å². The van der Waals surface area contributed by atoms with E-state index >= 15 is 0 Å². The molecule has 0 aliphatic heterocycles. The highest BCUT2D eigenvalue weighted by molar-refractivity contribution is 6.30. The molecule has 0 saturated carbocycles. The molecule has 0 amide bonds. The Hall–Kier alpha value is -1.87. The Morgan fingerprint density at radius 1 is 1.32 bits per heavy atom. The molecule has 19 heavy (non-hydrogen) atoms. The first-order chi connectivity index (χ1) is 9.10. The highest BCUT2D eigenvalue weighted by Crippen LogP contribution is 2.24. The number of ether oxygens (including phenoxy) is 1. The van der Waals surface area contributed by atoms with Crippen LogP contribution in [0.15, 0.2) is 36.5 Å². The molecular weight excluding hydrogens is 262 g/mol. The highest BCUT2D eigenvalue weighted by Gasteiger charge is 2.13. The van der Waals surface area contributed by atoms with Crippen molar-refractivity contribution in [3.63, 3.8) is 0 Å². The molecule has 0 radical (unpaired) electrons. The summed E-state index contributed by atoms with van der Waals surface area (Å²) in [4.78, 5) is 16.5. The largest absolute Gasteiger partial charge is 0.496 e. The molecule has 0 spiro atoms. The van der Waals surface area contributed by atoms with Crippen molar-refractivity contribution in [1.82, 2.24) is 4.98 Å². The molecule has 0 bridgehead atoms. The Kier molecular flexibility index (Phi) is 4.17. The first-order valence-corrected chi connectivity index (χ1v) is 6.26. The van der Waals surface area contributed by atoms with Crippen molar-refractivity contribution < 1.29 is 9.53 Å². The van der Waals surface area contributed by atoms with E-state index in [1.165, 1.54) is 7.11 Å². The summed E-state index contributed by atoms with van der Waals surface area (Å²) in [7, 11) is 1.52. The van der Waals surface area contributed by atoms with E-state index in [1.54, 1.807) is 24.4 Å². The van der Waals surface area contributed by atoms with Crippen LogP contribution in [0.25, 0.3) is 0 Å². The molecule has 4 heteroatoms. The van der Waals surface area contributed by atoms with Crippen LogP contribution in [-0.4, -0.2) is 17.9 Å². The van der Waals surface area contributed by atoms with Gasteiger partial charge in [0.2, 0.25) is 0 Å². The minimum absolute atomic E-state index is 0.0372. The standard InChI is InChI=1S/C15H14ClNO2/c1-10-3-5-12(17-9-10)8-14(18)13-6-4-11(16)7-15(13)19-2/h3-7,9H,8H2,1-2H3. The molecule has 0 aliphatic rings. The van der Waals surface area contributed by atoms with Crippen LogP contribution in [0.2, 0.25) is 5.02 Å². The number of Topliss-reactive ketones (excluding diaryl/α,β-unsaturated/α-hetero) is 1. The van der Waals surface area contributed by atoms with E-state index in [-0.39, 0.29) is 12.2 Å². The fourth-order valence-electron chi connectivity index (χ4n) is 1.76. The number of carbonyl (C=O) groups is 1. The third-order valence-corrected chi connectivity index (χ3v) is 3.01. The maximum Gasteiger partial charge on any atom is 0.172 e. The number of halogens is 1. The number of nitrogens with zero attached hydrogens (tertiary/aromatic N) is 1. The quantitative estimate of drug-likeness (QED) is 0.802. The monoisotopic (exact) mass is 275 g/mol. The molecule has 1 aromatic heterocycles. The molecule has 98 valence electrons. The van der Waals surface area contributed by atoms with Crippen LogP contribution in [0.1, 0.15) is 21.6 Å². The zero-order valence-electron chi connectivity index (χ0n) is 10.8. The normalized spacial score (nSPS) is 10.3. The molecule has 1 aromatic carbocycles. The number of ketones is 1. The summed E-state index contributed by atoms with van der Waals surface area (Å²) >= 11 is 5.87. The summed E-state index contributed by atoms with van der Waals surface area (Å²) < 4.78 is 5.18. The predicted molar refractivity (Wildman–Crippen MR) is 75.0 cm³/mol. The van der Waals surface area contributed by atoms with Gasteiger partial charge in [-0.25, -0.2) is 0 Å². The maximum absolute atomic E-state index is 12.2. The molecule has 0 N–H and O–H groups in total. The van der Waals surface area contributed by atoms with Crippen molar-refractivity contribution in [2.24, 2.45) is 0 Å². The van der Waals surface area contributed by atoms with Gasteiger partial charge in [-0.2, -0.15) is 0 Å². The Bertz CT molecular complexity index is 594. The van der Waals surface area contributed by atoms with Crippen molar-refractivity contribution in [2.45, 2.75) is 13.3 Å². The Morgan fingerprint density at radius 3 is 2.74 bits per heavy atom. The Labute approximate surface area is 117 Å². The number of carbonyl (C=O) groups excluding carboxylic acids is 1. The lowest BCUT2D eigenvalue weighted by molar-refractivity contribution is 0.0989. The number of aromatic nitrogens is 1. The van der Waals surface area contributed by atoms with Gasteiger partial charge in [-0.05, 0) is 36.8 Å². The van der Waals surface area contributed by atoms with Crippen LogP contribution in [-0.2, 0) is 6.42 Å². The summed E-state index contributed by atoms with van der Waals surface area (Å²) in [5.74, 6) is 0.453. The topological polar surface area (TPSA) is 39.2 Å². The fraction of sp³-hybridized carbons (Fsp3) is 0.200. The minimum atomic E-state index is -0.0372. The number of benzene rings is 1. The summed E-state index contributed by atoms with van der Waals surface area (Å²) in [6.45, 7) is 1.96. The zero-order valence-corrected chi connectivity index (χ0v) is 11.6. The first kappa shape index (κ1) is 13.6. The van der Waals surface area contributed by atoms with Crippen LogP contribution in [0.3, 0.4) is 0 Å². The van der Waals surface area contributed by atoms with E-state index in [0.717, 1.165) is 11.3 Å². The Morgan fingerprint density at radius 2 is 2.11 bits per heavy atom.